The first-order valence-electron chi connectivity index (χ1n) is 5.74. The molecule has 0 saturated heterocycles. The van der Waals surface area contributed by atoms with Crippen molar-refractivity contribution in [1.29, 1.82) is 0 Å². The van der Waals surface area contributed by atoms with Crippen LogP contribution in [0.2, 0.25) is 0 Å². The number of methoxy groups -OCH3 is 2. The lowest BCUT2D eigenvalue weighted by molar-refractivity contribution is 0.311. The fraction of sp³-hybridized carbons (Fsp3) is 0.200. The number of allylic oxidation sites excluding steroid dienone is 4. The number of sulfone groups is 1. The van der Waals surface area contributed by atoms with Gasteiger partial charge in [0.25, 0.3) is 0 Å². The molecule has 0 unspecified atom stereocenters. The Morgan fingerprint density at radius 3 is 2.25 bits per heavy atom. The zero-order valence-electron chi connectivity index (χ0n) is 11.6. The minimum absolute atomic E-state index is 0.174. The Kier molecular flexibility index (Phi) is 5.42. The molecule has 0 radical (unpaired) electrons. The Morgan fingerprint density at radius 2 is 1.80 bits per heavy atom. The van der Waals surface area contributed by atoms with Gasteiger partial charge < -0.3 is 9.47 Å². The minimum atomic E-state index is -3.54. The first-order valence-corrected chi connectivity index (χ1v) is 7.22. The molecule has 4 nitrogen and oxygen atoms in total. The molecule has 0 aliphatic carbocycles. The number of hydrogen-bond donors (Lipinski definition) is 0. The van der Waals surface area contributed by atoms with Gasteiger partial charge in [0.15, 0.2) is 5.76 Å². The summed E-state index contributed by atoms with van der Waals surface area (Å²) in [6.45, 7) is 1.50. The van der Waals surface area contributed by atoms with E-state index in [1.54, 1.807) is 12.1 Å². The predicted molar refractivity (Wildman–Crippen MR) is 77.9 cm³/mol. The minimum Gasteiger partial charge on any atom is -0.497 e. The van der Waals surface area contributed by atoms with Gasteiger partial charge in [0.1, 0.15) is 5.75 Å². The number of ether oxygens (including phenoxy) is 2. The second-order valence-electron chi connectivity index (χ2n) is 3.84. The first-order chi connectivity index (χ1) is 9.45. The van der Waals surface area contributed by atoms with Gasteiger partial charge in [0.2, 0.25) is 9.84 Å². The van der Waals surface area contributed by atoms with Crippen molar-refractivity contribution in [3.8, 4) is 18.1 Å². The summed E-state index contributed by atoms with van der Waals surface area (Å²) >= 11 is 0. The zero-order valence-corrected chi connectivity index (χ0v) is 12.4. The van der Waals surface area contributed by atoms with Gasteiger partial charge in [-0.1, -0.05) is 0 Å². The molecule has 0 aromatic heterocycles. The third kappa shape index (κ3) is 3.65. The van der Waals surface area contributed by atoms with Crippen LogP contribution in [0.25, 0.3) is 0 Å². The molecule has 0 saturated carbocycles. The van der Waals surface area contributed by atoms with E-state index in [9.17, 15) is 8.42 Å². The topological polar surface area (TPSA) is 52.6 Å². The van der Waals surface area contributed by atoms with Crippen molar-refractivity contribution in [2.45, 2.75) is 11.8 Å². The van der Waals surface area contributed by atoms with Gasteiger partial charge in [-0.3, -0.25) is 0 Å². The van der Waals surface area contributed by atoms with Crippen LogP contribution in [0.4, 0.5) is 0 Å². The summed E-state index contributed by atoms with van der Waals surface area (Å²) in [6.07, 6.45) is 8.04. The van der Waals surface area contributed by atoms with Crippen molar-refractivity contribution >= 4 is 9.84 Å². The van der Waals surface area contributed by atoms with Gasteiger partial charge in [-0.25, -0.2) is 8.42 Å². The van der Waals surface area contributed by atoms with Gasteiger partial charge in [0, 0.05) is 4.91 Å². The lowest BCUT2D eigenvalue weighted by Crippen LogP contribution is -2.02. The highest BCUT2D eigenvalue weighted by molar-refractivity contribution is 7.95. The van der Waals surface area contributed by atoms with Gasteiger partial charge in [-0.2, -0.15) is 0 Å². The third-order valence-corrected chi connectivity index (χ3v) is 4.50. The van der Waals surface area contributed by atoms with E-state index >= 15 is 0 Å². The van der Waals surface area contributed by atoms with Crippen LogP contribution in [0.5, 0.6) is 5.75 Å². The molecule has 0 spiro atoms. The maximum absolute atomic E-state index is 12.3. The molecule has 0 fully saturated rings. The van der Waals surface area contributed by atoms with Crippen molar-refractivity contribution in [3.05, 3.63) is 47.1 Å². The van der Waals surface area contributed by atoms with Crippen LogP contribution in [0.3, 0.4) is 0 Å². The van der Waals surface area contributed by atoms with E-state index in [4.69, 9.17) is 15.9 Å². The Morgan fingerprint density at radius 1 is 1.20 bits per heavy atom. The molecule has 20 heavy (non-hydrogen) atoms. The molecule has 0 N–H and O–H groups in total. The predicted octanol–water partition coefficient (Wildman–Crippen LogP) is 2.54. The average Bonchev–Trinajstić information content (AvgIpc) is 2.48. The lowest BCUT2D eigenvalue weighted by Gasteiger charge is -2.05. The molecule has 0 aliphatic rings. The molecular formula is C15H16O4S. The Balaban J connectivity index is 3.12. The Bertz CT molecular complexity index is 659. The smallest absolute Gasteiger partial charge is 0.202 e. The van der Waals surface area contributed by atoms with E-state index in [1.807, 2.05) is 0 Å². The average molecular weight is 292 g/mol. The number of benzene rings is 1. The summed E-state index contributed by atoms with van der Waals surface area (Å²) < 4.78 is 34.4. The normalized spacial score (nSPS) is 12.7. The summed E-state index contributed by atoms with van der Waals surface area (Å²) in [5.74, 6) is 3.15. The maximum Gasteiger partial charge on any atom is 0.202 e. The van der Waals surface area contributed by atoms with Crippen LogP contribution in [0.15, 0.2) is 52.0 Å². The van der Waals surface area contributed by atoms with Crippen LogP contribution < -0.4 is 4.74 Å². The maximum atomic E-state index is 12.3. The molecule has 0 amide bonds. The summed E-state index contributed by atoms with van der Waals surface area (Å²) in [5.41, 5.74) is 0. The highest BCUT2D eigenvalue weighted by atomic mass is 32.2. The van der Waals surface area contributed by atoms with Crippen LogP contribution >= 0.6 is 0 Å². The highest BCUT2D eigenvalue weighted by Gasteiger charge is 2.16. The van der Waals surface area contributed by atoms with Crippen molar-refractivity contribution in [1.82, 2.24) is 0 Å². The van der Waals surface area contributed by atoms with Crippen LogP contribution in [0, 0.1) is 12.3 Å². The van der Waals surface area contributed by atoms with E-state index in [0.717, 1.165) is 0 Å². The van der Waals surface area contributed by atoms with Crippen molar-refractivity contribution in [3.63, 3.8) is 0 Å². The Hall–Kier alpha value is -2.19. The fourth-order valence-electron chi connectivity index (χ4n) is 1.40. The molecular weight excluding hydrogens is 276 g/mol. The first kappa shape index (κ1) is 15.9. The molecule has 1 aromatic carbocycles. The standard InChI is InChI=1S/C15H16O4S/c1-5-13(18-3)7-6-12(2)20(16,17)15-10-8-14(19-4)9-11-15/h1,6-11H,2-4H3/b12-6+,13-7+. The molecule has 1 rings (SSSR count). The highest BCUT2D eigenvalue weighted by Crippen LogP contribution is 2.21. The molecule has 5 heteroatoms. The lowest BCUT2D eigenvalue weighted by atomic mass is 10.3. The quantitative estimate of drug-likeness (QED) is 0.475. The Labute approximate surface area is 119 Å². The monoisotopic (exact) mass is 292 g/mol. The van der Waals surface area contributed by atoms with E-state index in [0.29, 0.717) is 5.75 Å². The largest absolute Gasteiger partial charge is 0.497 e. The van der Waals surface area contributed by atoms with Gasteiger partial charge in [-0.05, 0) is 49.3 Å². The van der Waals surface area contributed by atoms with Gasteiger partial charge >= 0.3 is 0 Å². The summed E-state index contributed by atoms with van der Waals surface area (Å²) in [7, 11) is -0.596. The number of hydrogen-bond acceptors (Lipinski definition) is 4. The van der Waals surface area contributed by atoms with Gasteiger partial charge in [-0.15, -0.1) is 6.42 Å². The zero-order chi connectivity index (χ0) is 15.2. The van der Waals surface area contributed by atoms with Crippen LogP contribution in [-0.4, -0.2) is 22.6 Å². The fourth-order valence-corrected chi connectivity index (χ4v) is 2.51. The third-order valence-electron chi connectivity index (χ3n) is 2.63. The molecule has 106 valence electrons. The van der Waals surface area contributed by atoms with Crippen LogP contribution in [0.1, 0.15) is 6.92 Å². The molecule has 0 bridgehead atoms. The molecule has 1 aromatic rings. The van der Waals surface area contributed by atoms with E-state index < -0.39 is 9.84 Å². The summed E-state index contributed by atoms with van der Waals surface area (Å²) in [5, 5.41) is 0. The second kappa shape index (κ2) is 6.83. The number of rotatable bonds is 5. The SMILES string of the molecule is C#C/C(=C\C=C(/C)S(=O)(=O)c1ccc(OC)cc1)OC. The van der Waals surface area contributed by atoms with Gasteiger partial charge in [0.05, 0.1) is 19.1 Å². The van der Waals surface area contributed by atoms with E-state index in [2.05, 4.69) is 5.92 Å². The summed E-state index contributed by atoms with van der Waals surface area (Å²) in [6, 6.07) is 6.18. The molecule has 0 atom stereocenters. The van der Waals surface area contributed by atoms with E-state index in [1.165, 1.54) is 45.4 Å². The van der Waals surface area contributed by atoms with Crippen molar-refractivity contribution in [2.24, 2.45) is 0 Å². The van der Waals surface area contributed by atoms with Crippen LogP contribution in [-0.2, 0) is 14.6 Å². The number of terminal acetylenes is 1. The molecule has 0 aliphatic heterocycles. The van der Waals surface area contributed by atoms with Crippen molar-refractivity contribution < 1.29 is 17.9 Å². The molecule has 0 heterocycles. The van der Waals surface area contributed by atoms with Crippen molar-refractivity contribution in [2.75, 3.05) is 14.2 Å². The summed E-state index contributed by atoms with van der Waals surface area (Å²) in [4.78, 5) is 0.368. The van der Waals surface area contributed by atoms with E-state index in [-0.39, 0.29) is 15.6 Å². The second-order valence-corrected chi connectivity index (χ2v) is 5.96.